The number of carbonyl (C=O) groups is 1. The highest BCUT2D eigenvalue weighted by atomic mass is 32.1. The molecule has 2 saturated heterocycles. The molecule has 2 aromatic rings. The summed E-state index contributed by atoms with van der Waals surface area (Å²) in [7, 11) is 0. The van der Waals surface area contributed by atoms with E-state index in [9.17, 15) is 9.18 Å². The van der Waals surface area contributed by atoms with Crippen molar-refractivity contribution in [3.8, 4) is 6.07 Å². The van der Waals surface area contributed by atoms with Gasteiger partial charge in [-0.3, -0.25) is 9.69 Å². The van der Waals surface area contributed by atoms with E-state index in [1.807, 2.05) is 0 Å². The van der Waals surface area contributed by atoms with Crippen LogP contribution < -0.4 is 10.2 Å². The Morgan fingerprint density at radius 2 is 2.10 bits per heavy atom. The van der Waals surface area contributed by atoms with E-state index in [4.69, 9.17) is 5.26 Å². The van der Waals surface area contributed by atoms with Gasteiger partial charge < -0.3 is 10.2 Å². The van der Waals surface area contributed by atoms with Crippen molar-refractivity contribution in [1.29, 1.82) is 5.26 Å². The van der Waals surface area contributed by atoms with E-state index in [1.54, 1.807) is 12.3 Å². The molecular formula is C22H26FN5OS. The van der Waals surface area contributed by atoms with Gasteiger partial charge in [0.05, 0.1) is 11.8 Å². The van der Waals surface area contributed by atoms with Crippen LogP contribution in [-0.2, 0) is 0 Å². The molecule has 8 heteroatoms. The number of halogens is 1. The second-order valence-electron chi connectivity index (χ2n) is 8.23. The second-order valence-corrected chi connectivity index (χ2v) is 9.24. The summed E-state index contributed by atoms with van der Waals surface area (Å²) >= 11 is 1.37. The van der Waals surface area contributed by atoms with Gasteiger partial charge in [-0.2, -0.15) is 5.26 Å². The van der Waals surface area contributed by atoms with E-state index in [0.29, 0.717) is 16.6 Å². The maximum atomic E-state index is 13.5. The molecule has 0 saturated carbocycles. The molecule has 30 heavy (non-hydrogen) atoms. The minimum absolute atomic E-state index is 0.0937. The molecule has 2 aliphatic rings. The summed E-state index contributed by atoms with van der Waals surface area (Å²) in [6.45, 7) is 6.67. The summed E-state index contributed by atoms with van der Waals surface area (Å²) < 4.78 is 13.5. The van der Waals surface area contributed by atoms with Gasteiger partial charge in [-0.05, 0) is 56.3 Å². The molecule has 0 spiro atoms. The Kier molecular flexibility index (Phi) is 6.30. The van der Waals surface area contributed by atoms with E-state index in [-0.39, 0.29) is 11.5 Å². The SMILES string of the molecule is C[C@@H]1CCCN(C2CCN(c3ncc(C(=O)Nc4ccc(F)c(C#N)c4)s3)CC2)C1. The number of hydrogen-bond acceptors (Lipinski definition) is 6. The van der Waals surface area contributed by atoms with E-state index in [0.717, 1.165) is 37.0 Å². The zero-order valence-corrected chi connectivity index (χ0v) is 17.9. The van der Waals surface area contributed by atoms with Crippen molar-refractivity contribution in [2.75, 3.05) is 36.4 Å². The number of nitriles is 1. The van der Waals surface area contributed by atoms with E-state index >= 15 is 0 Å². The van der Waals surface area contributed by atoms with Crippen molar-refractivity contribution in [2.45, 2.75) is 38.6 Å². The molecule has 2 aliphatic heterocycles. The van der Waals surface area contributed by atoms with E-state index < -0.39 is 5.82 Å². The number of amides is 1. The van der Waals surface area contributed by atoms with Crippen LogP contribution in [0, 0.1) is 23.1 Å². The molecule has 3 heterocycles. The van der Waals surface area contributed by atoms with Gasteiger partial charge in [0.2, 0.25) is 0 Å². The lowest BCUT2D eigenvalue weighted by Gasteiger charge is -2.41. The maximum Gasteiger partial charge on any atom is 0.267 e. The van der Waals surface area contributed by atoms with Crippen molar-refractivity contribution in [3.05, 3.63) is 40.7 Å². The van der Waals surface area contributed by atoms with E-state index in [1.165, 1.54) is 55.5 Å². The van der Waals surface area contributed by atoms with Crippen LogP contribution in [0.1, 0.15) is 47.8 Å². The summed E-state index contributed by atoms with van der Waals surface area (Å²) in [5.74, 6) is -0.105. The first-order valence-corrected chi connectivity index (χ1v) is 11.3. The van der Waals surface area contributed by atoms with Crippen LogP contribution in [0.5, 0.6) is 0 Å². The third-order valence-corrected chi connectivity index (χ3v) is 7.06. The number of thiazole rings is 1. The summed E-state index contributed by atoms with van der Waals surface area (Å²) in [4.78, 5) is 22.4. The van der Waals surface area contributed by atoms with Crippen LogP contribution in [0.4, 0.5) is 15.2 Å². The molecule has 2 fully saturated rings. The summed E-state index contributed by atoms with van der Waals surface area (Å²) in [6, 6.07) is 6.39. The number of rotatable bonds is 4. The van der Waals surface area contributed by atoms with Crippen LogP contribution in [0.2, 0.25) is 0 Å². The van der Waals surface area contributed by atoms with Gasteiger partial charge in [0.15, 0.2) is 5.13 Å². The molecule has 4 rings (SSSR count). The van der Waals surface area contributed by atoms with Gasteiger partial charge in [0.25, 0.3) is 5.91 Å². The molecule has 0 unspecified atom stereocenters. The van der Waals surface area contributed by atoms with Crippen molar-refractivity contribution >= 4 is 28.1 Å². The van der Waals surface area contributed by atoms with Gasteiger partial charge in [0, 0.05) is 31.4 Å². The average molecular weight is 428 g/mol. The highest BCUT2D eigenvalue weighted by Gasteiger charge is 2.28. The standard InChI is InChI=1S/C22H26FN5OS/c1-15-3-2-8-28(14-15)18-6-9-27(10-7-18)22-25-13-20(30-22)21(29)26-17-4-5-19(23)16(11-17)12-24/h4-5,11,13,15,18H,2-3,6-10,14H2,1H3,(H,26,29)/t15-/m1/s1. The van der Waals surface area contributed by atoms with Crippen molar-refractivity contribution in [2.24, 2.45) is 5.92 Å². The molecule has 0 radical (unpaired) electrons. The van der Waals surface area contributed by atoms with Crippen molar-refractivity contribution < 1.29 is 9.18 Å². The largest absolute Gasteiger partial charge is 0.348 e. The van der Waals surface area contributed by atoms with Crippen LogP contribution >= 0.6 is 11.3 Å². The maximum absolute atomic E-state index is 13.5. The van der Waals surface area contributed by atoms with E-state index in [2.05, 4.69) is 27.0 Å². The van der Waals surface area contributed by atoms with Crippen LogP contribution in [-0.4, -0.2) is 48.0 Å². The van der Waals surface area contributed by atoms with Gasteiger partial charge >= 0.3 is 0 Å². The second kappa shape index (κ2) is 9.11. The Bertz CT molecular complexity index is 947. The predicted octanol–water partition coefficient (Wildman–Crippen LogP) is 4.11. The number of nitrogens with one attached hydrogen (secondary N) is 1. The monoisotopic (exact) mass is 427 g/mol. The topological polar surface area (TPSA) is 72.3 Å². The highest BCUT2D eigenvalue weighted by Crippen LogP contribution is 2.29. The Morgan fingerprint density at radius 1 is 1.30 bits per heavy atom. The zero-order valence-electron chi connectivity index (χ0n) is 17.1. The number of hydrogen-bond donors (Lipinski definition) is 1. The molecule has 0 aliphatic carbocycles. The van der Waals surface area contributed by atoms with Crippen LogP contribution in [0.25, 0.3) is 0 Å². The Hall–Kier alpha value is -2.50. The molecule has 1 aromatic heterocycles. The number of piperidine rings is 2. The number of aromatic nitrogens is 1. The van der Waals surface area contributed by atoms with Crippen molar-refractivity contribution in [3.63, 3.8) is 0 Å². The third kappa shape index (κ3) is 4.63. The number of nitrogens with zero attached hydrogens (tertiary/aromatic N) is 4. The predicted molar refractivity (Wildman–Crippen MR) is 116 cm³/mol. The average Bonchev–Trinajstić information content (AvgIpc) is 3.26. The minimum atomic E-state index is -0.599. The molecule has 1 atom stereocenters. The molecule has 1 amide bonds. The summed E-state index contributed by atoms with van der Waals surface area (Å²) in [6.07, 6.45) is 6.48. The quantitative estimate of drug-likeness (QED) is 0.795. The van der Waals surface area contributed by atoms with Gasteiger partial charge in [-0.1, -0.05) is 18.3 Å². The number of benzene rings is 1. The molecular weight excluding hydrogens is 401 g/mol. The number of anilines is 2. The Morgan fingerprint density at radius 3 is 2.83 bits per heavy atom. The lowest BCUT2D eigenvalue weighted by atomic mass is 9.95. The highest BCUT2D eigenvalue weighted by molar-refractivity contribution is 7.17. The fourth-order valence-corrected chi connectivity index (χ4v) is 5.24. The fraction of sp³-hybridized carbons (Fsp3) is 0.500. The smallest absolute Gasteiger partial charge is 0.267 e. The molecule has 1 aromatic carbocycles. The molecule has 6 nitrogen and oxygen atoms in total. The first-order valence-electron chi connectivity index (χ1n) is 10.5. The molecule has 158 valence electrons. The normalized spacial score (nSPS) is 20.7. The van der Waals surface area contributed by atoms with Gasteiger partial charge in [-0.25, -0.2) is 9.37 Å². The minimum Gasteiger partial charge on any atom is -0.348 e. The Labute approximate surface area is 180 Å². The summed E-state index contributed by atoms with van der Waals surface area (Å²) in [5.41, 5.74) is 0.299. The number of likely N-dealkylation sites (tertiary alicyclic amines) is 1. The van der Waals surface area contributed by atoms with Crippen LogP contribution in [0.3, 0.4) is 0 Å². The van der Waals surface area contributed by atoms with Gasteiger partial charge in [0.1, 0.15) is 16.8 Å². The van der Waals surface area contributed by atoms with Gasteiger partial charge in [-0.15, -0.1) is 0 Å². The molecule has 0 bridgehead atoms. The Balaban J connectivity index is 1.34. The lowest BCUT2D eigenvalue weighted by Crippen LogP contribution is -2.48. The van der Waals surface area contributed by atoms with Crippen LogP contribution in [0.15, 0.2) is 24.4 Å². The zero-order chi connectivity index (χ0) is 21.1. The first kappa shape index (κ1) is 20.8. The third-order valence-electron chi connectivity index (χ3n) is 6.00. The summed E-state index contributed by atoms with van der Waals surface area (Å²) in [5, 5.41) is 12.5. The lowest BCUT2D eigenvalue weighted by molar-refractivity contribution is 0.103. The van der Waals surface area contributed by atoms with Crippen molar-refractivity contribution in [1.82, 2.24) is 9.88 Å². The fourth-order valence-electron chi connectivity index (χ4n) is 4.38. The number of carbonyl (C=O) groups excluding carboxylic acids is 1. The first-order chi connectivity index (χ1) is 14.5. The molecule has 1 N–H and O–H groups in total.